The van der Waals surface area contributed by atoms with E-state index in [1.807, 2.05) is 32.0 Å². The van der Waals surface area contributed by atoms with Crippen molar-refractivity contribution in [3.8, 4) is 11.5 Å². The van der Waals surface area contributed by atoms with Gasteiger partial charge in [0.25, 0.3) is 5.69 Å². The average Bonchev–Trinajstić information content (AvgIpc) is 2.54. The molecule has 120 valence electrons. The first-order valence-electron chi connectivity index (χ1n) is 6.98. The second-order valence-corrected chi connectivity index (χ2v) is 5.07. The summed E-state index contributed by atoms with van der Waals surface area (Å²) in [6.45, 7) is 3.91. The normalized spacial score (nSPS) is 10.8. The topological polar surface area (TPSA) is 74.0 Å². The predicted molar refractivity (Wildman–Crippen MR) is 89.4 cm³/mol. The zero-order valence-corrected chi connectivity index (χ0v) is 13.5. The van der Waals surface area contributed by atoms with Gasteiger partial charge in [-0.25, -0.2) is 0 Å². The van der Waals surface area contributed by atoms with Gasteiger partial charge in [-0.3, -0.25) is 15.1 Å². The lowest BCUT2D eigenvalue weighted by Crippen LogP contribution is -1.98. The van der Waals surface area contributed by atoms with Gasteiger partial charge in [0.1, 0.15) is 0 Å². The van der Waals surface area contributed by atoms with Crippen molar-refractivity contribution in [3.63, 3.8) is 0 Å². The van der Waals surface area contributed by atoms with Crippen molar-refractivity contribution < 1.29 is 14.4 Å². The summed E-state index contributed by atoms with van der Waals surface area (Å²) in [7, 11) is 2.92. The Morgan fingerprint density at radius 1 is 1.09 bits per heavy atom. The number of nitro benzene ring substituents is 1. The van der Waals surface area contributed by atoms with E-state index in [4.69, 9.17) is 9.47 Å². The van der Waals surface area contributed by atoms with Gasteiger partial charge in [0, 0.05) is 6.21 Å². The van der Waals surface area contributed by atoms with E-state index in [9.17, 15) is 10.1 Å². The van der Waals surface area contributed by atoms with Gasteiger partial charge in [-0.05, 0) is 37.1 Å². The fourth-order valence-electron chi connectivity index (χ4n) is 2.14. The Bertz CT molecular complexity index is 769. The maximum absolute atomic E-state index is 11.3. The van der Waals surface area contributed by atoms with Crippen LogP contribution >= 0.6 is 0 Å². The molecule has 0 unspecified atom stereocenters. The van der Waals surface area contributed by atoms with Gasteiger partial charge in [-0.2, -0.15) is 0 Å². The molecule has 0 aromatic heterocycles. The lowest BCUT2D eigenvalue weighted by Gasteiger charge is -2.08. The first-order valence-corrected chi connectivity index (χ1v) is 6.98. The van der Waals surface area contributed by atoms with Crippen LogP contribution in [-0.4, -0.2) is 25.4 Å². The summed E-state index contributed by atoms with van der Waals surface area (Å²) in [4.78, 5) is 15.2. The minimum Gasteiger partial charge on any atom is -0.493 e. The summed E-state index contributed by atoms with van der Waals surface area (Å²) in [5.74, 6) is 0.726. The van der Waals surface area contributed by atoms with E-state index in [0.717, 1.165) is 16.8 Å². The molecular weight excluding hydrogens is 296 g/mol. The Balaban J connectivity index is 2.51. The number of nitro groups is 1. The zero-order chi connectivity index (χ0) is 17.0. The van der Waals surface area contributed by atoms with E-state index in [-0.39, 0.29) is 5.69 Å². The van der Waals surface area contributed by atoms with Crippen LogP contribution in [-0.2, 0) is 0 Å². The number of rotatable bonds is 5. The molecule has 0 aliphatic carbocycles. The Morgan fingerprint density at radius 3 is 2.35 bits per heavy atom. The van der Waals surface area contributed by atoms with Crippen molar-refractivity contribution in [1.29, 1.82) is 0 Å². The molecule has 6 nitrogen and oxygen atoms in total. The molecule has 0 N–H and O–H groups in total. The third kappa shape index (κ3) is 3.66. The SMILES string of the molecule is COc1cc(C=Nc2cc(C)ccc2C)c([N+](=O)[O-])cc1OC. The maximum atomic E-state index is 11.3. The largest absolute Gasteiger partial charge is 0.493 e. The highest BCUT2D eigenvalue weighted by atomic mass is 16.6. The van der Waals surface area contributed by atoms with Crippen molar-refractivity contribution in [2.75, 3.05) is 14.2 Å². The predicted octanol–water partition coefficient (Wildman–Crippen LogP) is 3.98. The van der Waals surface area contributed by atoms with Gasteiger partial charge in [0.05, 0.1) is 36.5 Å². The highest BCUT2D eigenvalue weighted by molar-refractivity contribution is 5.88. The molecule has 2 rings (SSSR count). The molecule has 0 bridgehead atoms. The van der Waals surface area contributed by atoms with Crippen LogP contribution in [0.4, 0.5) is 11.4 Å². The molecule has 0 aliphatic heterocycles. The van der Waals surface area contributed by atoms with Crippen molar-refractivity contribution in [2.24, 2.45) is 4.99 Å². The van der Waals surface area contributed by atoms with Gasteiger partial charge >= 0.3 is 0 Å². The van der Waals surface area contributed by atoms with Gasteiger partial charge < -0.3 is 9.47 Å². The van der Waals surface area contributed by atoms with Crippen molar-refractivity contribution in [2.45, 2.75) is 13.8 Å². The lowest BCUT2D eigenvalue weighted by atomic mass is 10.1. The van der Waals surface area contributed by atoms with E-state index < -0.39 is 4.92 Å². The van der Waals surface area contributed by atoms with E-state index in [1.54, 1.807) is 6.07 Å². The third-order valence-corrected chi connectivity index (χ3v) is 3.44. The summed E-state index contributed by atoms with van der Waals surface area (Å²) < 4.78 is 10.3. The highest BCUT2D eigenvalue weighted by Gasteiger charge is 2.18. The fraction of sp³-hybridized carbons (Fsp3) is 0.235. The van der Waals surface area contributed by atoms with Crippen molar-refractivity contribution >= 4 is 17.6 Å². The van der Waals surface area contributed by atoms with Crippen LogP contribution in [0.2, 0.25) is 0 Å². The lowest BCUT2D eigenvalue weighted by molar-refractivity contribution is -0.385. The second-order valence-electron chi connectivity index (χ2n) is 5.07. The second kappa shape index (κ2) is 6.91. The van der Waals surface area contributed by atoms with Crippen LogP contribution in [0.5, 0.6) is 11.5 Å². The number of hydrogen-bond acceptors (Lipinski definition) is 5. The number of ether oxygens (including phenoxy) is 2. The number of aryl methyl sites for hydroxylation is 2. The molecule has 0 heterocycles. The highest BCUT2D eigenvalue weighted by Crippen LogP contribution is 2.34. The third-order valence-electron chi connectivity index (χ3n) is 3.44. The Hall–Kier alpha value is -2.89. The molecule has 2 aromatic carbocycles. The van der Waals surface area contributed by atoms with Crippen LogP contribution in [0.25, 0.3) is 0 Å². The molecule has 23 heavy (non-hydrogen) atoms. The summed E-state index contributed by atoms with van der Waals surface area (Å²) in [6.07, 6.45) is 1.47. The van der Waals surface area contributed by atoms with Crippen LogP contribution in [0.3, 0.4) is 0 Å². The van der Waals surface area contributed by atoms with Crippen molar-refractivity contribution in [3.05, 3.63) is 57.1 Å². The molecule has 2 aromatic rings. The standard InChI is InChI=1S/C17H18N2O4/c1-11-5-6-12(2)14(7-11)18-10-13-8-16(22-3)17(23-4)9-15(13)19(20)21/h5-10H,1-4H3. The Labute approximate surface area is 134 Å². The van der Waals surface area contributed by atoms with E-state index in [2.05, 4.69) is 4.99 Å². The van der Waals surface area contributed by atoms with Crippen LogP contribution in [0, 0.1) is 24.0 Å². The van der Waals surface area contributed by atoms with Gasteiger partial charge in [0.15, 0.2) is 11.5 Å². The summed E-state index contributed by atoms with van der Waals surface area (Å²) in [5, 5.41) is 11.3. The number of methoxy groups -OCH3 is 2. The van der Waals surface area contributed by atoms with E-state index in [0.29, 0.717) is 17.1 Å². The first kappa shape index (κ1) is 16.5. The van der Waals surface area contributed by atoms with Gasteiger partial charge in [-0.15, -0.1) is 0 Å². The minimum absolute atomic E-state index is 0.0864. The fourth-order valence-corrected chi connectivity index (χ4v) is 2.14. The molecule has 0 saturated heterocycles. The number of nitrogens with zero attached hydrogens (tertiary/aromatic N) is 2. The summed E-state index contributed by atoms with van der Waals surface area (Å²) >= 11 is 0. The molecule has 0 radical (unpaired) electrons. The molecule has 0 aliphatic rings. The molecule has 0 saturated carbocycles. The minimum atomic E-state index is -0.466. The number of hydrogen-bond donors (Lipinski definition) is 0. The summed E-state index contributed by atoms with van der Waals surface area (Å²) in [5.41, 5.74) is 3.11. The molecule has 0 fully saturated rings. The molecule has 0 spiro atoms. The zero-order valence-electron chi connectivity index (χ0n) is 13.5. The van der Waals surface area contributed by atoms with Crippen molar-refractivity contribution in [1.82, 2.24) is 0 Å². The Kier molecular flexibility index (Phi) is 4.95. The van der Waals surface area contributed by atoms with E-state index in [1.165, 1.54) is 26.5 Å². The van der Waals surface area contributed by atoms with Crippen LogP contribution in [0.15, 0.2) is 35.3 Å². The Morgan fingerprint density at radius 2 is 1.74 bits per heavy atom. The number of aliphatic imine (C=N–C) groups is 1. The maximum Gasteiger partial charge on any atom is 0.282 e. The van der Waals surface area contributed by atoms with E-state index >= 15 is 0 Å². The van der Waals surface area contributed by atoms with Crippen LogP contribution < -0.4 is 9.47 Å². The smallest absolute Gasteiger partial charge is 0.282 e. The molecular formula is C17H18N2O4. The van der Waals surface area contributed by atoms with Crippen LogP contribution in [0.1, 0.15) is 16.7 Å². The summed E-state index contributed by atoms with van der Waals surface area (Å²) in [6, 6.07) is 8.77. The van der Waals surface area contributed by atoms with Gasteiger partial charge in [0.2, 0.25) is 0 Å². The monoisotopic (exact) mass is 314 g/mol. The molecule has 6 heteroatoms. The number of benzene rings is 2. The quantitative estimate of drug-likeness (QED) is 0.475. The molecule has 0 amide bonds. The van der Waals surface area contributed by atoms with Gasteiger partial charge in [-0.1, -0.05) is 12.1 Å². The average molecular weight is 314 g/mol. The first-order chi connectivity index (χ1) is 11.0. The molecule has 0 atom stereocenters.